The molecule has 3 rings (SSSR count). The highest BCUT2D eigenvalue weighted by Gasteiger charge is 2.44. The topological polar surface area (TPSA) is 12.0 Å². The van der Waals surface area contributed by atoms with Crippen LogP contribution in [0.3, 0.4) is 0 Å². The molecule has 1 saturated carbocycles. The Kier molecular flexibility index (Phi) is 3.88. The van der Waals surface area contributed by atoms with E-state index in [0.29, 0.717) is 11.5 Å². The van der Waals surface area contributed by atoms with E-state index in [2.05, 4.69) is 73.0 Å². The van der Waals surface area contributed by atoms with Gasteiger partial charge < -0.3 is 5.32 Å². The van der Waals surface area contributed by atoms with Crippen molar-refractivity contribution in [1.82, 2.24) is 5.32 Å². The van der Waals surface area contributed by atoms with Gasteiger partial charge in [-0.15, -0.1) is 0 Å². The van der Waals surface area contributed by atoms with Gasteiger partial charge in [0.15, 0.2) is 0 Å². The molecule has 1 aliphatic rings. The van der Waals surface area contributed by atoms with Crippen LogP contribution in [0.15, 0.2) is 60.7 Å². The SMILES string of the molecule is CNC(Cc1ccccc1)C1(c2ccccc2)CCC1. The van der Waals surface area contributed by atoms with Gasteiger partial charge in [0.25, 0.3) is 0 Å². The normalized spacial score (nSPS) is 18.2. The van der Waals surface area contributed by atoms with E-state index in [1.165, 1.54) is 30.4 Å². The van der Waals surface area contributed by atoms with Crippen molar-refractivity contribution in [2.45, 2.75) is 37.1 Å². The van der Waals surface area contributed by atoms with Crippen molar-refractivity contribution < 1.29 is 0 Å². The lowest BCUT2D eigenvalue weighted by molar-refractivity contribution is 0.174. The molecule has 0 aromatic heterocycles. The minimum Gasteiger partial charge on any atom is -0.316 e. The summed E-state index contributed by atoms with van der Waals surface area (Å²) in [5, 5.41) is 3.59. The lowest BCUT2D eigenvalue weighted by Gasteiger charge is -2.48. The van der Waals surface area contributed by atoms with E-state index in [1.807, 2.05) is 0 Å². The van der Waals surface area contributed by atoms with Crippen LogP contribution in [-0.2, 0) is 11.8 Å². The maximum absolute atomic E-state index is 3.59. The third-order valence-electron chi connectivity index (χ3n) is 4.89. The molecule has 0 heterocycles. The minimum absolute atomic E-state index is 0.325. The highest BCUT2D eigenvalue weighted by Crippen LogP contribution is 2.47. The molecule has 2 aromatic rings. The van der Waals surface area contributed by atoms with Gasteiger partial charge in [-0.1, -0.05) is 67.1 Å². The molecule has 0 saturated heterocycles. The number of likely N-dealkylation sites (N-methyl/N-ethyl adjacent to an activating group) is 1. The molecule has 20 heavy (non-hydrogen) atoms. The molecule has 1 N–H and O–H groups in total. The Balaban J connectivity index is 1.87. The summed E-state index contributed by atoms with van der Waals surface area (Å²) < 4.78 is 0. The van der Waals surface area contributed by atoms with Crippen LogP contribution >= 0.6 is 0 Å². The summed E-state index contributed by atoms with van der Waals surface area (Å²) in [6.07, 6.45) is 5.05. The fraction of sp³-hybridized carbons (Fsp3) is 0.368. The molecule has 1 nitrogen and oxygen atoms in total. The molecule has 1 atom stereocenters. The maximum Gasteiger partial charge on any atom is 0.0201 e. The third kappa shape index (κ3) is 2.38. The van der Waals surface area contributed by atoms with Crippen molar-refractivity contribution in [3.05, 3.63) is 71.8 Å². The average Bonchev–Trinajstić information content (AvgIpc) is 2.47. The summed E-state index contributed by atoms with van der Waals surface area (Å²) in [5.74, 6) is 0. The molecular weight excluding hydrogens is 242 g/mol. The van der Waals surface area contributed by atoms with Gasteiger partial charge in [0.2, 0.25) is 0 Å². The van der Waals surface area contributed by atoms with Gasteiger partial charge in [-0.25, -0.2) is 0 Å². The fourth-order valence-corrected chi connectivity index (χ4v) is 3.59. The number of benzene rings is 2. The van der Waals surface area contributed by atoms with Crippen molar-refractivity contribution >= 4 is 0 Å². The Morgan fingerprint density at radius 2 is 1.55 bits per heavy atom. The highest BCUT2D eigenvalue weighted by atomic mass is 14.9. The Hall–Kier alpha value is -1.60. The second kappa shape index (κ2) is 5.80. The van der Waals surface area contributed by atoms with E-state index in [4.69, 9.17) is 0 Å². The quantitative estimate of drug-likeness (QED) is 0.863. The second-order valence-electron chi connectivity index (χ2n) is 5.91. The molecule has 0 bridgehead atoms. The number of hydrogen-bond donors (Lipinski definition) is 1. The molecule has 0 aliphatic heterocycles. The molecule has 0 amide bonds. The van der Waals surface area contributed by atoms with Crippen molar-refractivity contribution in [2.75, 3.05) is 7.05 Å². The van der Waals surface area contributed by atoms with Gasteiger partial charge in [0.05, 0.1) is 0 Å². The van der Waals surface area contributed by atoms with Crippen molar-refractivity contribution in [3.63, 3.8) is 0 Å². The van der Waals surface area contributed by atoms with Crippen LogP contribution in [-0.4, -0.2) is 13.1 Å². The maximum atomic E-state index is 3.59. The monoisotopic (exact) mass is 265 g/mol. The first-order valence-corrected chi connectivity index (χ1v) is 7.62. The Labute approximate surface area is 122 Å². The zero-order chi connectivity index (χ0) is 13.8. The van der Waals surface area contributed by atoms with Crippen LogP contribution in [0.4, 0.5) is 0 Å². The number of nitrogens with one attached hydrogen (secondary N) is 1. The highest BCUT2D eigenvalue weighted by molar-refractivity contribution is 5.32. The van der Waals surface area contributed by atoms with E-state index < -0.39 is 0 Å². The van der Waals surface area contributed by atoms with Gasteiger partial charge in [-0.05, 0) is 37.4 Å². The summed E-state index contributed by atoms with van der Waals surface area (Å²) >= 11 is 0. The summed E-state index contributed by atoms with van der Waals surface area (Å²) in [4.78, 5) is 0. The van der Waals surface area contributed by atoms with Gasteiger partial charge in [-0.2, -0.15) is 0 Å². The first-order valence-electron chi connectivity index (χ1n) is 7.62. The summed E-state index contributed by atoms with van der Waals surface area (Å²) in [5.41, 5.74) is 3.25. The zero-order valence-corrected chi connectivity index (χ0v) is 12.2. The largest absolute Gasteiger partial charge is 0.316 e. The van der Waals surface area contributed by atoms with E-state index in [1.54, 1.807) is 0 Å². The van der Waals surface area contributed by atoms with Crippen LogP contribution in [0.5, 0.6) is 0 Å². The first kappa shape index (κ1) is 13.4. The summed E-state index contributed by atoms with van der Waals surface area (Å²) in [7, 11) is 2.11. The van der Waals surface area contributed by atoms with Gasteiger partial charge in [-0.3, -0.25) is 0 Å². The Morgan fingerprint density at radius 3 is 2.05 bits per heavy atom. The lowest BCUT2D eigenvalue weighted by atomic mass is 9.59. The van der Waals surface area contributed by atoms with Crippen molar-refractivity contribution in [1.29, 1.82) is 0 Å². The van der Waals surface area contributed by atoms with Crippen LogP contribution in [0.25, 0.3) is 0 Å². The van der Waals surface area contributed by atoms with Gasteiger partial charge in [0, 0.05) is 11.5 Å². The minimum atomic E-state index is 0.325. The molecule has 0 spiro atoms. The van der Waals surface area contributed by atoms with Gasteiger partial charge >= 0.3 is 0 Å². The average molecular weight is 265 g/mol. The zero-order valence-electron chi connectivity index (χ0n) is 12.2. The van der Waals surface area contributed by atoms with Crippen molar-refractivity contribution in [3.8, 4) is 0 Å². The van der Waals surface area contributed by atoms with Crippen LogP contribution < -0.4 is 5.32 Å². The summed E-state index contributed by atoms with van der Waals surface area (Å²) in [6, 6.07) is 22.4. The van der Waals surface area contributed by atoms with Crippen molar-refractivity contribution in [2.24, 2.45) is 0 Å². The first-order chi connectivity index (χ1) is 9.85. The standard InChI is InChI=1S/C19H23N/c1-20-18(15-16-9-4-2-5-10-16)19(13-8-14-19)17-11-6-3-7-12-17/h2-7,9-12,18,20H,8,13-15H2,1H3. The second-order valence-corrected chi connectivity index (χ2v) is 5.91. The number of hydrogen-bond acceptors (Lipinski definition) is 1. The van der Waals surface area contributed by atoms with Gasteiger partial charge in [0.1, 0.15) is 0 Å². The van der Waals surface area contributed by atoms with Crippen LogP contribution in [0, 0.1) is 0 Å². The molecular formula is C19H23N. The molecule has 104 valence electrons. The Bertz CT molecular complexity index is 528. The predicted octanol–water partition coefficient (Wildman–Crippen LogP) is 3.94. The Morgan fingerprint density at radius 1 is 0.950 bits per heavy atom. The summed E-state index contributed by atoms with van der Waals surface area (Å²) in [6.45, 7) is 0. The molecule has 2 aromatic carbocycles. The molecule has 0 radical (unpaired) electrons. The smallest absolute Gasteiger partial charge is 0.0201 e. The van der Waals surface area contributed by atoms with E-state index in [0.717, 1.165) is 6.42 Å². The van der Waals surface area contributed by atoms with E-state index in [-0.39, 0.29) is 0 Å². The number of rotatable bonds is 5. The van der Waals surface area contributed by atoms with Crippen LogP contribution in [0.2, 0.25) is 0 Å². The third-order valence-corrected chi connectivity index (χ3v) is 4.89. The van der Waals surface area contributed by atoms with E-state index in [9.17, 15) is 0 Å². The molecule has 1 unspecified atom stereocenters. The van der Waals surface area contributed by atoms with E-state index >= 15 is 0 Å². The lowest BCUT2D eigenvalue weighted by Crippen LogP contribution is -2.52. The molecule has 1 aliphatic carbocycles. The predicted molar refractivity (Wildman–Crippen MR) is 85.0 cm³/mol. The van der Waals surface area contributed by atoms with Crippen LogP contribution in [0.1, 0.15) is 30.4 Å². The fourth-order valence-electron chi connectivity index (χ4n) is 3.59. The molecule has 1 fully saturated rings. The molecule has 1 heteroatoms.